The molecule has 2 heterocycles. The first kappa shape index (κ1) is 26.3. The minimum atomic E-state index is -0.545. The van der Waals surface area contributed by atoms with Gasteiger partial charge in [-0.3, -0.25) is 19.7 Å². The first-order chi connectivity index (χ1) is 18.8. The summed E-state index contributed by atoms with van der Waals surface area (Å²) in [5, 5.41) is 4.87. The maximum atomic E-state index is 13.9. The highest BCUT2D eigenvalue weighted by molar-refractivity contribution is 8.15. The number of benzene rings is 3. The molecule has 1 fully saturated rings. The zero-order valence-corrected chi connectivity index (χ0v) is 22.0. The number of carbonyl (C=O) groups is 2. The second-order valence-electron chi connectivity index (χ2n) is 8.96. The number of halogens is 1. The van der Waals surface area contributed by atoms with Crippen LogP contribution in [0.5, 0.6) is 11.5 Å². The van der Waals surface area contributed by atoms with Gasteiger partial charge in [0.05, 0.1) is 17.7 Å². The number of nitrogens with one attached hydrogen (secondary N) is 2. The van der Waals surface area contributed by atoms with Gasteiger partial charge in [-0.25, -0.2) is 4.39 Å². The summed E-state index contributed by atoms with van der Waals surface area (Å²) in [6, 6.07) is 18.3. The monoisotopic (exact) mass is 548 g/mol. The fourth-order valence-corrected chi connectivity index (χ4v) is 5.26. The number of hydrogen-bond donors (Lipinski definition) is 2. The quantitative estimate of drug-likeness (QED) is 0.262. The molecule has 0 aliphatic carbocycles. The van der Waals surface area contributed by atoms with Crippen molar-refractivity contribution in [2.24, 2.45) is 0 Å². The third kappa shape index (κ3) is 5.61. The first-order valence-electron chi connectivity index (χ1n) is 12.2. The number of fused-ring (bicyclic) bond motifs is 1. The molecule has 3 aromatic carbocycles. The van der Waals surface area contributed by atoms with Gasteiger partial charge in [-0.15, -0.1) is 0 Å². The van der Waals surface area contributed by atoms with Crippen LogP contribution in [0.15, 0.2) is 75.9 Å². The van der Waals surface area contributed by atoms with Crippen molar-refractivity contribution in [2.75, 3.05) is 25.6 Å². The molecular weight excluding hydrogens is 523 g/mol. The fourth-order valence-electron chi connectivity index (χ4n) is 4.34. The van der Waals surface area contributed by atoms with Crippen LogP contribution in [0.25, 0.3) is 22.3 Å². The first-order valence-corrected chi connectivity index (χ1v) is 13.1. The average molecular weight is 549 g/mol. The van der Waals surface area contributed by atoms with Gasteiger partial charge >= 0.3 is 0 Å². The van der Waals surface area contributed by atoms with Gasteiger partial charge in [0, 0.05) is 23.7 Å². The van der Waals surface area contributed by atoms with Crippen LogP contribution in [0.4, 0.5) is 14.9 Å². The molecule has 200 valence electrons. The maximum Gasteiger partial charge on any atom is 0.286 e. The van der Waals surface area contributed by atoms with Crippen molar-refractivity contribution < 1.29 is 27.9 Å². The van der Waals surface area contributed by atoms with E-state index in [0.29, 0.717) is 17.9 Å². The Balaban J connectivity index is 1.29. The Morgan fingerprint density at radius 1 is 1.05 bits per heavy atom. The Hall–Kier alpha value is -4.31. The van der Waals surface area contributed by atoms with Crippen LogP contribution in [-0.4, -0.2) is 36.7 Å². The predicted octanol–water partition coefficient (Wildman–Crippen LogP) is 5.55. The minimum Gasteiger partial charge on any atom is -0.497 e. The molecule has 1 aromatic heterocycles. The molecular formula is C29H25FN2O6S. The van der Waals surface area contributed by atoms with Crippen molar-refractivity contribution in [3.8, 4) is 22.8 Å². The summed E-state index contributed by atoms with van der Waals surface area (Å²) < 4.78 is 31.0. The Bertz CT molecular complexity index is 1590. The topological polar surface area (TPSA) is 107 Å². The molecule has 1 saturated heterocycles. The van der Waals surface area contributed by atoms with Crippen molar-refractivity contribution in [2.45, 2.75) is 18.1 Å². The normalized spacial score (nSPS) is 15.7. The lowest BCUT2D eigenvalue weighted by Gasteiger charge is -2.16. The number of imide groups is 1. The number of rotatable bonds is 9. The van der Waals surface area contributed by atoms with Crippen LogP contribution in [0.2, 0.25) is 0 Å². The molecule has 1 aliphatic heterocycles. The van der Waals surface area contributed by atoms with E-state index in [1.807, 2.05) is 31.2 Å². The standard InChI is InChI=1S/C29H25FN2O6S/c1-16(27-28(34)32-29(35)39-27)17-3-8-20(9-4-17)31-13-14-37-26-24(33)22-15-19(30)7-12-23(22)38-25(26)18-5-10-21(36-2)11-6-18/h3-12,15-16,27,31H,13-14H2,1-2H3,(H,32,34,35). The molecule has 0 bridgehead atoms. The van der Waals surface area contributed by atoms with Crippen molar-refractivity contribution in [3.05, 3.63) is 88.3 Å². The second kappa shape index (κ2) is 11.2. The lowest BCUT2D eigenvalue weighted by atomic mass is 9.97. The van der Waals surface area contributed by atoms with Gasteiger partial charge in [-0.2, -0.15) is 0 Å². The van der Waals surface area contributed by atoms with Crippen LogP contribution >= 0.6 is 11.8 Å². The van der Waals surface area contributed by atoms with E-state index in [-0.39, 0.29) is 46.2 Å². The molecule has 2 unspecified atom stereocenters. The van der Waals surface area contributed by atoms with Crippen LogP contribution in [-0.2, 0) is 4.79 Å². The zero-order chi connectivity index (χ0) is 27.5. The van der Waals surface area contributed by atoms with E-state index in [1.54, 1.807) is 31.4 Å². The molecule has 2 atom stereocenters. The van der Waals surface area contributed by atoms with E-state index >= 15 is 0 Å². The van der Waals surface area contributed by atoms with Crippen molar-refractivity contribution >= 4 is 39.6 Å². The maximum absolute atomic E-state index is 13.9. The van der Waals surface area contributed by atoms with Crippen LogP contribution in [0.1, 0.15) is 18.4 Å². The Morgan fingerprint density at radius 2 is 1.79 bits per heavy atom. The zero-order valence-electron chi connectivity index (χ0n) is 21.2. The molecule has 1 aliphatic rings. The van der Waals surface area contributed by atoms with Gasteiger partial charge in [-0.05, 0) is 60.2 Å². The summed E-state index contributed by atoms with van der Waals surface area (Å²) in [6.45, 7) is 2.41. The molecule has 8 nitrogen and oxygen atoms in total. The highest BCUT2D eigenvalue weighted by Gasteiger charge is 2.36. The van der Waals surface area contributed by atoms with Gasteiger partial charge in [0.1, 0.15) is 23.8 Å². The summed E-state index contributed by atoms with van der Waals surface area (Å²) in [5.41, 5.74) is 2.15. The SMILES string of the molecule is COc1ccc(-c2oc3ccc(F)cc3c(=O)c2OCCNc2ccc(C(C)C3SC(=O)NC3=O)cc2)cc1. The number of hydrogen-bond acceptors (Lipinski definition) is 8. The van der Waals surface area contributed by atoms with Gasteiger partial charge < -0.3 is 19.2 Å². The van der Waals surface area contributed by atoms with Crippen molar-refractivity contribution in [3.63, 3.8) is 0 Å². The molecule has 10 heteroatoms. The highest BCUT2D eigenvalue weighted by Crippen LogP contribution is 2.34. The van der Waals surface area contributed by atoms with Crippen molar-refractivity contribution in [1.29, 1.82) is 0 Å². The molecule has 5 rings (SSSR count). The highest BCUT2D eigenvalue weighted by atomic mass is 32.2. The van der Waals surface area contributed by atoms with Crippen LogP contribution in [0, 0.1) is 5.82 Å². The largest absolute Gasteiger partial charge is 0.497 e. The number of amides is 2. The minimum absolute atomic E-state index is 0.00822. The number of anilines is 1. The predicted molar refractivity (Wildman–Crippen MR) is 148 cm³/mol. The van der Waals surface area contributed by atoms with E-state index in [2.05, 4.69) is 10.6 Å². The third-order valence-corrected chi connectivity index (χ3v) is 7.64. The van der Waals surface area contributed by atoms with Gasteiger partial charge in [0.25, 0.3) is 5.24 Å². The van der Waals surface area contributed by atoms with Crippen LogP contribution < -0.4 is 25.5 Å². The third-order valence-electron chi connectivity index (χ3n) is 6.45. The van der Waals surface area contributed by atoms with E-state index in [1.165, 1.54) is 12.1 Å². The Labute approximate surface area is 227 Å². The van der Waals surface area contributed by atoms with E-state index in [9.17, 15) is 18.8 Å². The summed E-state index contributed by atoms with van der Waals surface area (Å²) >= 11 is 1.01. The molecule has 0 spiro atoms. The van der Waals surface area contributed by atoms with E-state index < -0.39 is 16.5 Å². The average Bonchev–Trinajstić information content (AvgIpc) is 3.29. The molecule has 0 saturated carbocycles. The Kier molecular flexibility index (Phi) is 7.56. The molecule has 39 heavy (non-hydrogen) atoms. The fraction of sp³-hybridized carbons (Fsp3) is 0.207. The summed E-state index contributed by atoms with van der Waals surface area (Å²) in [4.78, 5) is 36.7. The Morgan fingerprint density at radius 3 is 2.46 bits per heavy atom. The number of carbonyl (C=O) groups excluding carboxylic acids is 2. The lowest BCUT2D eigenvalue weighted by Crippen LogP contribution is -2.27. The van der Waals surface area contributed by atoms with Crippen LogP contribution in [0.3, 0.4) is 0 Å². The van der Waals surface area contributed by atoms with Gasteiger partial charge in [0.15, 0.2) is 5.76 Å². The van der Waals surface area contributed by atoms with E-state index in [0.717, 1.165) is 29.1 Å². The van der Waals surface area contributed by atoms with Gasteiger partial charge in [0.2, 0.25) is 17.1 Å². The second-order valence-corrected chi connectivity index (χ2v) is 10.1. The number of ether oxygens (including phenoxy) is 2. The summed E-state index contributed by atoms with van der Waals surface area (Å²) in [7, 11) is 1.56. The molecule has 0 radical (unpaired) electrons. The smallest absolute Gasteiger partial charge is 0.286 e. The molecule has 4 aromatic rings. The van der Waals surface area contributed by atoms with E-state index in [4.69, 9.17) is 13.9 Å². The number of methoxy groups -OCH3 is 1. The summed E-state index contributed by atoms with van der Waals surface area (Å²) in [6.07, 6.45) is 0. The molecule has 2 amide bonds. The van der Waals surface area contributed by atoms with Crippen molar-refractivity contribution in [1.82, 2.24) is 5.32 Å². The summed E-state index contributed by atoms with van der Waals surface area (Å²) in [5.74, 6) is -0.0663. The lowest BCUT2D eigenvalue weighted by molar-refractivity contribution is -0.119. The number of thioether (sulfide) groups is 1. The van der Waals surface area contributed by atoms with Gasteiger partial charge in [-0.1, -0.05) is 30.8 Å². The molecule has 2 N–H and O–H groups in total.